The highest BCUT2D eigenvalue weighted by Crippen LogP contribution is 2.17. The first-order chi connectivity index (χ1) is 4.06. The van der Waals surface area contributed by atoms with Gasteiger partial charge >= 0.3 is 0 Å². The van der Waals surface area contributed by atoms with Crippen molar-refractivity contribution in [1.29, 1.82) is 0 Å². The summed E-state index contributed by atoms with van der Waals surface area (Å²) in [6, 6.07) is 0. The quantitative estimate of drug-likeness (QED) is 0.532. The van der Waals surface area contributed by atoms with Crippen LogP contribution in [0.1, 0.15) is 34.1 Å². The molecule has 1 nitrogen and oxygen atoms in total. The number of ether oxygens (including phenoxy) is 1. The van der Waals surface area contributed by atoms with Gasteiger partial charge in [0.15, 0.2) is 0 Å². The van der Waals surface area contributed by atoms with Crippen molar-refractivity contribution in [3.8, 4) is 0 Å². The molecular weight excluding hydrogens is 112 g/mol. The van der Waals surface area contributed by atoms with Gasteiger partial charge in [-0.1, -0.05) is 20.8 Å². The second-order valence-electron chi connectivity index (χ2n) is 3.42. The normalized spacial score (nSPS) is 12.0. The van der Waals surface area contributed by atoms with Crippen LogP contribution < -0.4 is 0 Å². The van der Waals surface area contributed by atoms with Crippen LogP contribution in [0.2, 0.25) is 0 Å². The SMILES string of the molecule is C[CH]OCCC(C)(C)C. The molecule has 0 spiro atoms. The van der Waals surface area contributed by atoms with Gasteiger partial charge in [0.25, 0.3) is 0 Å². The summed E-state index contributed by atoms with van der Waals surface area (Å²) >= 11 is 0. The van der Waals surface area contributed by atoms with Gasteiger partial charge in [0.05, 0.1) is 6.61 Å². The Hall–Kier alpha value is -0.0400. The molecule has 0 unspecified atom stereocenters. The monoisotopic (exact) mass is 129 g/mol. The van der Waals surface area contributed by atoms with Crippen LogP contribution in [0.5, 0.6) is 0 Å². The zero-order valence-electron chi connectivity index (χ0n) is 6.90. The highest BCUT2D eigenvalue weighted by Gasteiger charge is 2.08. The van der Waals surface area contributed by atoms with Crippen LogP contribution in [0, 0.1) is 12.0 Å². The van der Waals surface area contributed by atoms with Gasteiger partial charge in [0, 0.05) is 6.61 Å². The van der Waals surface area contributed by atoms with Gasteiger partial charge < -0.3 is 4.74 Å². The third-order valence-corrected chi connectivity index (χ3v) is 1.14. The molecule has 0 amide bonds. The zero-order chi connectivity index (χ0) is 7.33. The Morgan fingerprint density at radius 3 is 2.22 bits per heavy atom. The summed E-state index contributed by atoms with van der Waals surface area (Å²) in [5.74, 6) is 0. The van der Waals surface area contributed by atoms with E-state index < -0.39 is 0 Å². The Balaban J connectivity index is 3.07. The Morgan fingerprint density at radius 1 is 1.33 bits per heavy atom. The van der Waals surface area contributed by atoms with E-state index in [4.69, 9.17) is 4.74 Å². The first kappa shape index (κ1) is 8.96. The van der Waals surface area contributed by atoms with Crippen LogP contribution in [0.15, 0.2) is 0 Å². The predicted octanol–water partition coefficient (Wildman–Crippen LogP) is 2.62. The van der Waals surface area contributed by atoms with Crippen molar-refractivity contribution in [2.24, 2.45) is 5.41 Å². The summed E-state index contributed by atoms with van der Waals surface area (Å²) in [6.07, 6.45) is 1.12. The smallest absolute Gasteiger partial charge is 0.0805 e. The van der Waals surface area contributed by atoms with Crippen molar-refractivity contribution in [2.45, 2.75) is 34.1 Å². The maximum absolute atomic E-state index is 5.08. The first-order valence-electron chi connectivity index (χ1n) is 3.46. The Kier molecular flexibility index (Phi) is 3.87. The average Bonchev–Trinajstić information content (AvgIpc) is 1.63. The first-order valence-corrected chi connectivity index (χ1v) is 3.46. The van der Waals surface area contributed by atoms with Gasteiger partial charge in [-0.3, -0.25) is 0 Å². The van der Waals surface area contributed by atoms with Crippen molar-refractivity contribution in [3.05, 3.63) is 6.61 Å². The van der Waals surface area contributed by atoms with Crippen LogP contribution in [0.3, 0.4) is 0 Å². The second kappa shape index (κ2) is 3.89. The van der Waals surface area contributed by atoms with Gasteiger partial charge in [-0.2, -0.15) is 0 Å². The predicted molar refractivity (Wildman–Crippen MR) is 40.0 cm³/mol. The third kappa shape index (κ3) is 7.96. The van der Waals surface area contributed by atoms with E-state index in [9.17, 15) is 0 Å². The van der Waals surface area contributed by atoms with Gasteiger partial charge in [-0.05, 0) is 18.8 Å². The Bertz CT molecular complexity index is 61.5. The molecule has 0 aliphatic rings. The summed E-state index contributed by atoms with van der Waals surface area (Å²) in [4.78, 5) is 0. The molecule has 0 aliphatic heterocycles. The highest BCUT2D eigenvalue weighted by atomic mass is 16.5. The lowest BCUT2D eigenvalue weighted by Crippen LogP contribution is -2.08. The van der Waals surface area contributed by atoms with E-state index in [1.165, 1.54) is 0 Å². The molecule has 9 heavy (non-hydrogen) atoms. The molecule has 0 aliphatic carbocycles. The van der Waals surface area contributed by atoms with Crippen LogP contribution in [0.25, 0.3) is 0 Å². The van der Waals surface area contributed by atoms with Gasteiger partial charge in [0.1, 0.15) is 0 Å². The number of hydrogen-bond acceptors (Lipinski definition) is 1. The van der Waals surface area contributed by atoms with Crippen molar-refractivity contribution in [3.63, 3.8) is 0 Å². The largest absolute Gasteiger partial charge is 0.376 e. The lowest BCUT2D eigenvalue weighted by Gasteiger charge is -2.16. The Morgan fingerprint density at radius 2 is 1.89 bits per heavy atom. The van der Waals surface area contributed by atoms with Crippen LogP contribution in [-0.4, -0.2) is 6.61 Å². The van der Waals surface area contributed by atoms with Crippen molar-refractivity contribution >= 4 is 0 Å². The molecule has 0 rings (SSSR count). The lowest BCUT2D eigenvalue weighted by atomic mass is 9.93. The molecule has 0 atom stereocenters. The molecule has 0 N–H and O–H groups in total. The summed E-state index contributed by atoms with van der Waals surface area (Å²) in [6.45, 7) is 11.1. The summed E-state index contributed by atoms with van der Waals surface area (Å²) in [7, 11) is 0. The fraction of sp³-hybridized carbons (Fsp3) is 0.875. The van der Waals surface area contributed by atoms with Crippen LogP contribution >= 0.6 is 0 Å². The topological polar surface area (TPSA) is 9.23 Å². The van der Waals surface area contributed by atoms with E-state index in [1.807, 2.05) is 6.92 Å². The molecule has 55 valence electrons. The second-order valence-corrected chi connectivity index (χ2v) is 3.42. The van der Waals surface area contributed by atoms with Gasteiger partial charge in [-0.25, -0.2) is 0 Å². The van der Waals surface area contributed by atoms with E-state index in [-0.39, 0.29) is 0 Å². The van der Waals surface area contributed by atoms with Gasteiger partial charge in [-0.15, -0.1) is 0 Å². The van der Waals surface area contributed by atoms with Crippen LogP contribution in [-0.2, 0) is 4.74 Å². The summed E-state index contributed by atoms with van der Waals surface area (Å²) < 4.78 is 5.08. The third-order valence-electron chi connectivity index (χ3n) is 1.14. The average molecular weight is 129 g/mol. The molecule has 1 heteroatoms. The molecule has 0 saturated heterocycles. The van der Waals surface area contributed by atoms with Gasteiger partial charge in [0.2, 0.25) is 0 Å². The van der Waals surface area contributed by atoms with Crippen molar-refractivity contribution in [2.75, 3.05) is 6.61 Å². The molecule has 0 aromatic carbocycles. The number of rotatable bonds is 3. The van der Waals surface area contributed by atoms with E-state index in [1.54, 1.807) is 6.61 Å². The molecule has 0 fully saturated rings. The zero-order valence-corrected chi connectivity index (χ0v) is 6.90. The molecular formula is C8H17O. The maximum Gasteiger partial charge on any atom is 0.0805 e. The molecule has 0 saturated carbocycles. The molecule has 0 aromatic rings. The minimum atomic E-state index is 0.406. The van der Waals surface area contributed by atoms with E-state index in [0.29, 0.717) is 5.41 Å². The minimum absolute atomic E-state index is 0.406. The highest BCUT2D eigenvalue weighted by molar-refractivity contribution is 4.60. The maximum atomic E-state index is 5.08. The van der Waals surface area contributed by atoms with Crippen molar-refractivity contribution < 1.29 is 4.74 Å². The Labute approximate surface area is 58.4 Å². The fourth-order valence-corrected chi connectivity index (χ4v) is 0.483. The summed E-state index contributed by atoms with van der Waals surface area (Å²) in [5.41, 5.74) is 0.406. The van der Waals surface area contributed by atoms with Crippen molar-refractivity contribution in [1.82, 2.24) is 0 Å². The summed E-state index contributed by atoms with van der Waals surface area (Å²) in [5, 5.41) is 0. The lowest BCUT2D eigenvalue weighted by molar-refractivity contribution is 0.164. The van der Waals surface area contributed by atoms with E-state index >= 15 is 0 Å². The molecule has 0 aromatic heterocycles. The number of hydrogen-bond donors (Lipinski definition) is 0. The van der Waals surface area contributed by atoms with E-state index in [2.05, 4.69) is 20.8 Å². The standard InChI is InChI=1S/C8H17O/c1-5-9-7-6-8(2,3)4/h5H,6-7H2,1-4H3. The molecule has 0 heterocycles. The molecule has 0 bridgehead atoms. The fourth-order valence-electron chi connectivity index (χ4n) is 0.483. The van der Waals surface area contributed by atoms with E-state index in [0.717, 1.165) is 13.0 Å². The molecule has 1 radical (unpaired) electrons. The minimum Gasteiger partial charge on any atom is -0.376 e. The van der Waals surface area contributed by atoms with Crippen LogP contribution in [0.4, 0.5) is 0 Å².